The smallest absolute Gasteiger partial charge is 0.303 e. The van der Waals surface area contributed by atoms with Gasteiger partial charge in [0.05, 0.1) is 25.9 Å². The van der Waals surface area contributed by atoms with Crippen molar-refractivity contribution in [2.75, 3.05) is 25.1 Å². The van der Waals surface area contributed by atoms with Crippen molar-refractivity contribution in [3.8, 4) is 5.75 Å². The molecule has 246 valence electrons. The molecule has 0 aromatic heterocycles. The van der Waals surface area contributed by atoms with E-state index in [1.54, 1.807) is 13.8 Å². The van der Waals surface area contributed by atoms with Gasteiger partial charge in [0.25, 0.3) is 5.91 Å². The van der Waals surface area contributed by atoms with E-state index in [0.29, 0.717) is 43.9 Å². The van der Waals surface area contributed by atoms with E-state index in [1.807, 2.05) is 39.8 Å². The van der Waals surface area contributed by atoms with Crippen LogP contribution in [0.25, 0.3) is 0 Å². The Morgan fingerprint density at radius 2 is 1.55 bits per heavy atom. The number of carbonyl (C=O) groups excluding carboxylic acids is 4. The van der Waals surface area contributed by atoms with E-state index < -0.39 is 80.3 Å². The highest BCUT2D eigenvalue weighted by molar-refractivity contribution is 5.96. The third kappa shape index (κ3) is 9.64. The number of amides is 1. The zero-order valence-corrected chi connectivity index (χ0v) is 26.4. The molecule has 0 spiro atoms. The first kappa shape index (κ1) is 30.8. The maximum Gasteiger partial charge on any atom is 0.303 e. The minimum atomic E-state index is -1.26. The van der Waals surface area contributed by atoms with Crippen LogP contribution in [-0.4, -0.2) is 79.9 Å². The number of hydrogen-bond acceptors (Lipinski definition) is 11. The van der Waals surface area contributed by atoms with Gasteiger partial charge in [-0.25, -0.2) is 0 Å². The van der Waals surface area contributed by atoms with Crippen molar-refractivity contribution in [1.29, 1.82) is 0 Å². The molecule has 0 radical (unpaired) electrons. The van der Waals surface area contributed by atoms with Crippen LogP contribution < -0.4 is 10.1 Å². The second kappa shape index (κ2) is 14.7. The van der Waals surface area contributed by atoms with Crippen LogP contribution in [0.15, 0.2) is 12.1 Å². The van der Waals surface area contributed by atoms with Crippen LogP contribution in [0, 0.1) is 19.3 Å². The van der Waals surface area contributed by atoms with E-state index in [9.17, 15) is 19.2 Å². The molecular weight excluding hydrogens is 574 g/mol. The molecular formula is C32H47NO11. The highest BCUT2D eigenvalue weighted by Crippen LogP contribution is 2.36. The SMILES string of the molecule is [2H]CC(=O)O[C@H]1[C@H](OC(=O)C[2H])COC(CCCCOc2cc(C)c(NC(=O)C3OC(C)(C)OCC3(C)C)c(C)c2)[C@@H]1OC(=O)C[2H]. The lowest BCUT2D eigenvalue weighted by atomic mass is 9.85. The molecule has 12 nitrogen and oxygen atoms in total. The van der Waals surface area contributed by atoms with E-state index in [2.05, 4.69) is 5.32 Å². The quantitative estimate of drug-likeness (QED) is 0.215. The molecule has 5 atom stereocenters. The van der Waals surface area contributed by atoms with Gasteiger partial charge in [0.15, 0.2) is 24.1 Å². The number of ether oxygens (including phenoxy) is 7. The highest BCUT2D eigenvalue weighted by atomic mass is 16.7. The second-order valence-corrected chi connectivity index (χ2v) is 12.2. The summed E-state index contributed by atoms with van der Waals surface area (Å²) < 4.78 is 61.4. The molecule has 2 heterocycles. The fourth-order valence-corrected chi connectivity index (χ4v) is 5.29. The first-order chi connectivity index (χ1) is 22.1. The standard InChI is InChI=1S/C32H47NO11/c1-18-14-23(15-19(2)26(18)33-30(37)29-31(6,7)17-40-32(8,9)44-29)38-13-11-10-12-24-27(42-21(4)35)28(43-22(5)36)25(16-39-24)41-20(3)34/h14-15,24-25,27-29H,10-13,16-17H2,1-9H3,(H,33,37)/t24?,25-,27+,28+,29?/m1/s1/i3D,4D,5D. The molecule has 2 unspecified atom stereocenters. The van der Waals surface area contributed by atoms with Crippen LogP contribution in [0.3, 0.4) is 0 Å². The molecule has 0 bridgehead atoms. The summed E-state index contributed by atoms with van der Waals surface area (Å²) >= 11 is 0. The Morgan fingerprint density at radius 1 is 0.932 bits per heavy atom. The number of anilines is 1. The van der Waals surface area contributed by atoms with Gasteiger partial charge in [-0.15, -0.1) is 0 Å². The van der Waals surface area contributed by atoms with Crippen LogP contribution in [-0.2, 0) is 47.6 Å². The van der Waals surface area contributed by atoms with Gasteiger partial charge in [-0.05, 0) is 70.2 Å². The number of esters is 3. The molecule has 2 aliphatic rings. The van der Waals surface area contributed by atoms with Crippen molar-refractivity contribution < 1.29 is 56.4 Å². The fraction of sp³-hybridized carbons (Fsp3) is 0.688. The summed E-state index contributed by atoms with van der Waals surface area (Å²) in [5.74, 6) is -3.17. The summed E-state index contributed by atoms with van der Waals surface area (Å²) in [6, 6.07) is 3.68. The fourth-order valence-electron chi connectivity index (χ4n) is 5.29. The molecule has 1 aromatic carbocycles. The predicted molar refractivity (Wildman–Crippen MR) is 159 cm³/mol. The summed E-state index contributed by atoms with van der Waals surface area (Å²) in [6.07, 6.45) is -3.54. The van der Waals surface area contributed by atoms with Crippen LogP contribution in [0.2, 0.25) is 0 Å². The van der Waals surface area contributed by atoms with E-state index >= 15 is 0 Å². The van der Waals surface area contributed by atoms with Gasteiger partial charge in [-0.3, -0.25) is 19.2 Å². The molecule has 0 aliphatic carbocycles. The summed E-state index contributed by atoms with van der Waals surface area (Å²) in [5.41, 5.74) is 1.81. The van der Waals surface area contributed by atoms with Gasteiger partial charge in [-0.2, -0.15) is 0 Å². The van der Waals surface area contributed by atoms with E-state index in [0.717, 1.165) is 11.1 Å². The van der Waals surface area contributed by atoms with Crippen LogP contribution in [0.1, 0.15) is 82.9 Å². The Labute approximate surface area is 263 Å². The van der Waals surface area contributed by atoms with Crippen molar-refractivity contribution in [3.05, 3.63) is 23.3 Å². The van der Waals surface area contributed by atoms with Crippen LogP contribution in [0.5, 0.6) is 5.75 Å². The van der Waals surface area contributed by atoms with Gasteiger partial charge in [0.1, 0.15) is 11.9 Å². The molecule has 1 aromatic rings. The Kier molecular flexibility index (Phi) is 10.3. The molecule has 0 saturated carbocycles. The number of unbranched alkanes of at least 4 members (excludes halogenated alkanes) is 1. The van der Waals surface area contributed by atoms with E-state index in [1.165, 1.54) is 0 Å². The first-order valence-electron chi connectivity index (χ1n) is 16.7. The summed E-state index contributed by atoms with van der Waals surface area (Å²) in [7, 11) is 0. The topological polar surface area (TPSA) is 145 Å². The molecule has 3 rings (SSSR count). The Bertz CT molecular complexity index is 1250. The number of benzene rings is 1. The normalized spacial score (nSPS) is 26.7. The zero-order chi connectivity index (χ0) is 34.9. The predicted octanol–water partition coefficient (Wildman–Crippen LogP) is 4.16. The average Bonchev–Trinajstić information content (AvgIpc) is 3.01. The number of rotatable bonds is 11. The molecule has 12 heteroatoms. The first-order valence-corrected chi connectivity index (χ1v) is 14.5. The van der Waals surface area contributed by atoms with Crippen molar-refractivity contribution in [1.82, 2.24) is 0 Å². The van der Waals surface area contributed by atoms with Crippen molar-refractivity contribution >= 4 is 29.5 Å². The largest absolute Gasteiger partial charge is 0.494 e. The lowest BCUT2D eigenvalue weighted by Crippen LogP contribution is -2.57. The van der Waals surface area contributed by atoms with Gasteiger partial charge >= 0.3 is 17.9 Å². The maximum atomic E-state index is 13.3. The number of carbonyl (C=O) groups is 4. The summed E-state index contributed by atoms with van der Waals surface area (Å²) in [5, 5.41) is 3.02. The summed E-state index contributed by atoms with van der Waals surface area (Å²) in [4.78, 5) is 49.2. The molecule has 1 amide bonds. The minimum Gasteiger partial charge on any atom is -0.494 e. The third-order valence-corrected chi connectivity index (χ3v) is 7.40. The number of nitrogens with one attached hydrogen (secondary N) is 1. The molecule has 2 aliphatic heterocycles. The molecule has 44 heavy (non-hydrogen) atoms. The zero-order valence-electron chi connectivity index (χ0n) is 29.4. The Balaban J connectivity index is 1.59. The lowest BCUT2D eigenvalue weighted by molar-refractivity contribution is -0.303. The van der Waals surface area contributed by atoms with E-state index in [4.69, 9.17) is 37.3 Å². The molecule has 1 N–H and O–H groups in total. The molecule has 2 fully saturated rings. The van der Waals surface area contributed by atoms with Gasteiger partial charge < -0.3 is 38.5 Å². The maximum absolute atomic E-state index is 13.3. The number of hydrogen-bond donors (Lipinski definition) is 1. The van der Waals surface area contributed by atoms with Crippen molar-refractivity contribution in [2.24, 2.45) is 5.41 Å². The monoisotopic (exact) mass is 624 g/mol. The van der Waals surface area contributed by atoms with Gasteiger partial charge in [-0.1, -0.05) is 13.8 Å². The Hall–Kier alpha value is -3.22. The number of aryl methyl sites for hydroxylation is 2. The van der Waals surface area contributed by atoms with Crippen LogP contribution in [0.4, 0.5) is 5.69 Å². The third-order valence-electron chi connectivity index (χ3n) is 7.40. The average molecular weight is 625 g/mol. The second-order valence-electron chi connectivity index (χ2n) is 12.2. The highest BCUT2D eigenvalue weighted by Gasteiger charge is 2.47. The van der Waals surface area contributed by atoms with Gasteiger partial charge in [0, 0.05) is 35.9 Å². The van der Waals surface area contributed by atoms with Crippen LogP contribution >= 0.6 is 0 Å². The van der Waals surface area contributed by atoms with Crippen molar-refractivity contribution in [3.63, 3.8) is 0 Å². The summed E-state index contributed by atoms with van der Waals surface area (Å²) in [6.45, 7) is 9.67. The Morgan fingerprint density at radius 3 is 2.18 bits per heavy atom. The van der Waals surface area contributed by atoms with E-state index in [-0.39, 0.29) is 12.5 Å². The molecule has 2 saturated heterocycles. The lowest BCUT2D eigenvalue weighted by Gasteiger charge is -2.44. The van der Waals surface area contributed by atoms with Crippen molar-refractivity contribution in [2.45, 2.75) is 118 Å². The van der Waals surface area contributed by atoms with Gasteiger partial charge in [0.2, 0.25) is 0 Å². The minimum absolute atomic E-state index is 0.172.